The van der Waals surface area contributed by atoms with Gasteiger partial charge in [0.05, 0.1) is 11.9 Å². The predicted molar refractivity (Wildman–Crippen MR) is 153 cm³/mol. The highest BCUT2D eigenvalue weighted by atomic mass is 35.5. The topological polar surface area (TPSA) is 86.8 Å². The van der Waals surface area contributed by atoms with E-state index in [2.05, 4.69) is 5.32 Å². The Hall–Kier alpha value is -3.07. The number of hydrogen-bond donors (Lipinski definition) is 1. The van der Waals surface area contributed by atoms with Gasteiger partial charge in [-0.15, -0.1) is 0 Å². The first kappa shape index (κ1) is 29.5. The van der Waals surface area contributed by atoms with E-state index in [4.69, 9.17) is 23.2 Å². The molecule has 3 aromatic carbocycles. The molecule has 3 rings (SSSR count). The van der Waals surface area contributed by atoms with Crippen LogP contribution in [0.3, 0.4) is 0 Å². The van der Waals surface area contributed by atoms with Crippen LogP contribution in [-0.4, -0.2) is 50.5 Å². The Morgan fingerprint density at radius 3 is 2.11 bits per heavy atom. The van der Waals surface area contributed by atoms with Crippen LogP contribution < -0.4 is 9.62 Å². The lowest BCUT2D eigenvalue weighted by Gasteiger charge is -2.34. The summed E-state index contributed by atoms with van der Waals surface area (Å²) in [6.45, 7) is 3.33. The number of hydrogen-bond acceptors (Lipinski definition) is 4. The molecule has 7 nitrogen and oxygen atoms in total. The van der Waals surface area contributed by atoms with Crippen LogP contribution in [0.15, 0.2) is 72.8 Å². The molecule has 3 aromatic rings. The fraction of sp³-hybridized carbons (Fsp3) is 0.286. The van der Waals surface area contributed by atoms with Gasteiger partial charge < -0.3 is 10.2 Å². The molecule has 38 heavy (non-hydrogen) atoms. The molecule has 0 saturated heterocycles. The maximum Gasteiger partial charge on any atom is 0.244 e. The van der Waals surface area contributed by atoms with E-state index in [-0.39, 0.29) is 18.9 Å². The van der Waals surface area contributed by atoms with Crippen molar-refractivity contribution in [3.8, 4) is 0 Å². The minimum absolute atomic E-state index is 0.0860. The van der Waals surface area contributed by atoms with Crippen LogP contribution in [-0.2, 0) is 32.6 Å². The Labute approximate surface area is 234 Å². The Morgan fingerprint density at radius 2 is 1.53 bits per heavy atom. The van der Waals surface area contributed by atoms with E-state index in [9.17, 15) is 18.0 Å². The summed E-state index contributed by atoms with van der Waals surface area (Å²) in [4.78, 5) is 28.7. The summed E-state index contributed by atoms with van der Waals surface area (Å²) in [6, 6.07) is 20.3. The SMILES string of the molecule is CCNC(=O)C(Cc1ccccc1)N(Cc1c(Cl)cccc1Cl)C(=O)CN(c1ccccc1C)S(C)(=O)=O. The van der Waals surface area contributed by atoms with Crippen LogP contribution in [0.4, 0.5) is 5.69 Å². The van der Waals surface area contributed by atoms with Gasteiger partial charge in [0.25, 0.3) is 0 Å². The van der Waals surface area contributed by atoms with E-state index in [0.29, 0.717) is 33.4 Å². The number of likely N-dealkylation sites (N-methyl/N-ethyl adjacent to an activating group) is 1. The minimum Gasteiger partial charge on any atom is -0.355 e. The number of rotatable bonds is 11. The quantitative estimate of drug-likeness (QED) is 0.354. The monoisotopic (exact) mass is 575 g/mol. The van der Waals surface area contributed by atoms with Crippen molar-refractivity contribution in [2.24, 2.45) is 0 Å². The Bertz CT molecular complexity index is 1360. The molecule has 202 valence electrons. The number of carbonyl (C=O) groups excluding carboxylic acids is 2. The van der Waals surface area contributed by atoms with Gasteiger partial charge >= 0.3 is 0 Å². The number of aryl methyl sites for hydroxylation is 1. The molecule has 0 aliphatic rings. The molecule has 0 saturated carbocycles. The average Bonchev–Trinajstić information content (AvgIpc) is 2.86. The van der Waals surface area contributed by atoms with Gasteiger partial charge in [-0.3, -0.25) is 13.9 Å². The second-order valence-corrected chi connectivity index (χ2v) is 11.6. The van der Waals surface area contributed by atoms with Crippen molar-refractivity contribution in [2.75, 3.05) is 23.7 Å². The molecule has 0 radical (unpaired) electrons. The van der Waals surface area contributed by atoms with Crippen molar-refractivity contribution in [2.45, 2.75) is 32.9 Å². The molecule has 0 fully saturated rings. The molecule has 0 aliphatic heterocycles. The van der Waals surface area contributed by atoms with Gasteiger partial charge in [-0.25, -0.2) is 8.42 Å². The molecule has 0 heterocycles. The second kappa shape index (κ2) is 13.1. The first-order valence-corrected chi connectivity index (χ1v) is 14.7. The molecule has 1 atom stereocenters. The molecule has 1 N–H and O–H groups in total. The van der Waals surface area contributed by atoms with Gasteiger partial charge in [-0.2, -0.15) is 0 Å². The maximum atomic E-state index is 14.0. The van der Waals surface area contributed by atoms with E-state index in [1.54, 1.807) is 56.3 Å². The summed E-state index contributed by atoms with van der Waals surface area (Å²) in [7, 11) is -3.84. The normalized spacial score (nSPS) is 12.0. The molecule has 0 spiro atoms. The number of benzene rings is 3. The van der Waals surface area contributed by atoms with Crippen molar-refractivity contribution in [1.82, 2.24) is 10.2 Å². The van der Waals surface area contributed by atoms with Crippen molar-refractivity contribution in [3.05, 3.63) is 99.5 Å². The van der Waals surface area contributed by atoms with Crippen molar-refractivity contribution >= 4 is 50.7 Å². The Morgan fingerprint density at radius 1 is 0.921 bits per heavy atom. The van der Waals surface area contributed by atoms with E-state index in [0.717, 1.165) is 16.1 Å². The number of sulfonamides is 1. The third-order valence-corrected chi connectivity index (χ3v) is 7.91. The molecule has 1 unspecified atom stereocenters. The van der Waals surface area contributed by atoms with Gasteiger partial charge in [0.1, 0.15) is 12.6 Å². The Kier molecular flexibility index (Phi) is 10.2. The lowest BCUT2D eigenvalue weighted by molar-refractivity contribution is -0.140. The van der Waals surface area contributed by atoms with Crippen LogP contribution >= 0.6 is 23.2 Å². The zero-order valence-corrected chi connectivity index (χ0v) is 23.9. The first-order chi connectivity index (χ1) is 18.0. The highest BCUT2D eigenvalue weighted by molar-refractivity contribution is 7.92. The maximum absolute atomic E-state index is 14.0. The van der Waals surface area contributed by atoms with E-state index in [1.807, 2.05) is 30.3 Å². The highest BCUT2D eigenvalue weighted by Crippen LogP contribution is 2.28. The van der Waals surface area contributed by atoms with Crippen LogP contribution in [0, 0.1) is 6.92 Å². The third-order valence-electron chi connectivity index (χ3n) is 6.08. The zero-order valence-electron chi connectivity index (χ0n) is 21.5. The van der Waals surface area contributed by atoms with Crippen LogP contribution in [0.25, 0.3) is 0 Å². The first-order valence-electron chi connectivity index (χ1n) is 12.1. The fourth-order valence-corrected chi connectivity index (χ4v) is 5.56. The molecule has 0 aromatic heterocycles. The summed E-state index contributed by atoms with van der Waals surface area (Å²) in [6.07, 6.45) is 1.26. The van der Waals surface area contributed by atoms with E-state index in [1.165, 1.54) is 4.90 Å². The Balaban J connectivity index is 2.10. The summed E-state index contributed by atoms with van der Waals surface area (Å²) in [5, 5.41) is 3.48. The molecule has 0 aliphatic carbocycles. The number of nitrogens with one attached hydrogen (secondary N) is 1. The average molecular weight is 577 g/mol. The molecule has 0 bridgehead atoms. The van der Waals surface area contributed by atoms with Crippen molar-refractivity contribution in [1.29, 1.82) is 0 Å². The van der Waals surface area contributed by atoms with Crippen LogP contribution in [0.1, 0.15) is 23.6 Å². The van der Waals surface area contributed by atoms with Crippen molar-refractivity contribution in [3.63, 3.8) is 0 Å². The zero-order chi connectivity index (χ0) is 27.9. The number of para-hydroxylation sites is 1. The van der Waals surface area contributed by atoms with Gasteiger partial charge in [-0.05, 0) is 43.2 Å². The van der Waals surface area contributed by atoms with Crippen LogP contribution in [0.5, 0.6) is 0 Å². The second-order valence-electron chi connectivity index (χ2n) is 8.88. The summed E-state index contributed by atoms with van der Waals surface area (Å²) in [5.74, 6) is -0.934. The van der Waals surface area contributed by atoms with E-state index < -0.39 is 28.5 Å². The van der Waals surface area contributed by atoms with Gasteiger partial charge in [0, 0.05) is 35.1 Å². The van der Waals surface area contributed by atoms with Crippen LogP contribution in [0.2, 0.25) is 10.0 Å². The lowest BCUT2D eigenvalue weighted by atomic mass is 10.0. The number of halogens is 2. The third kappa shape index (κ3) is 7.49. The van der Waals surface area contributed by atoms with Gasteiger partial charge in [0.2, 0.25) is 21.8 Å². The minimum atomic E-state index is -3.84. The molecule has 2 amide bonds. The van der Waals surface area contributed by atoms with Crippen molar-refractivity contribution < 1.29 is 18.0 Å². The number of anilines is 1. The summed E-state index contributed by atoms with van der Waals surface area (Å²) in [5.41, 5.74) is 2.38. The molecule has 10 heteroatoms. The largest absolute Gasteiger partial charge is 0.355 e. The number of amides is 2. The molecular weight excluding hydrogens is 545 g/mol. The fourth-order valence-electron chi connectivity index (χ4n) is 4.14. The smallest absolute Gasteiger partial charge is 0.244 e. The summed E-state index contributed by atoms with van der Waals surface area (Å²) < 4.78 is 26.7. The standard InChI is InChI=1S/C28H31Cl2N3O4S/c1-4-31-28(35)26(17-21-12-6-5-7-13-21)32(18-22-23(29)14-10-15-24(22)30)27(34)19-33(38(3,36)37)25-16-9-8-11-20(25)2/h5-16,26H,4,17-19H2,1-3H3,(H,31,35). The lowest BCUT2D eigenvalue weighted by Crippen LogP contribution is -2.53. The predicted octanol–water partition coefficient (Wildman–Crippen LogP) is 4.84. The van der Waals surface area contributed by atoms with Gasteiger partial charge in [0.15, 0.2) is 0 Å². The summed E-state index contributed by atoms with van der Waals surface area (Å²) >= 11 is 12.9. The number of carbonyl (C=O) groups is 2. The number of nitrogens with zero attached hydrogens (tertiary/aromatic N) is 2. The molecular formula is C28H31Cl2N3O4S. The van der Waals surface area contributed by atoms with Gasteiger partial charge in [-0.1, -0.05) is 77.8 Å². The highest BCUT2D eigenvalue weighted by Gasteiger charge is 2.33. The van der Waals surface area contributed by atoms with E-state index >= 15 is 0 Å².